The standard InChI is InChI=1S/C18H15ClN4O4S.C2H6/c1-27-17(25)15-10-28-18(20-15)21-16(24)13-4-2-3-5-14(13)22-23(26)12-8-6-11(19)7-9-12;1-2/h2-10,22,26H,1H3,(H,20,21,24);1-2H3. The highest BCUT2D eigenvalue weighted by Gasteiger charge is 2.16. The van der Waals surface area contributed by atoms with Gasteiger partial charge in [0.2, 0.25) is 0 Å². The number of carbonyl (C=O) groups is 2. The van der Waals surface area contributed by atoms with Gasteiger partial charge in [0, 0.05) is 10.4 Å². The molecule has 0 spiro atoms. The van der Waals surface area contributed by atoms with E-state index in [9.17, 15) is 14.8 Å². The van der Waals surface area contributed by atoms with Crippen molar-refractivity contribution in [2.24, 2.45) is 0 Å². The molecule has 0 aliphatic rings. The Kier molecular flexibility index (Phi) is 8.60. The summed E-state index contributed by atoms with van der Waals surface area (Å²) in [7, 11) is 1.25. The van der Waals surface area contributed by atoms with Crippen LogP contribution in [0.25, 0.3) is 0 Å². The second-order valence-electron chi connectivity index (χ2n) is 5.43. The van der Waals surface area contributed by atoms with Gasteiger partial charge in [-0.15, -0.1) is 11.3 Å². The summed E-state index contributed by atoms with van der Waals surface area (Å²) in [5, 5.41) is 15.9. The molecular weight excluding hydrogens is 428 g/mol. The van der Waals surface area contributed by atoms with Crippen LogP contribution in [-0.4, -0.2) is 29.2 Å². The molecule has 0 atom stereocenters. The van der Waals surface area contributed by atoms with Gasteiger partial charge in [0.15, 0.2) is 10.8 Å². The number of hydrogen-bond acceptors (Lipinski definition) is 8. The normalized spacial score (nSPS) is 9.77. The minimum absolute atomic E-state index is 0.110. The van der Waals surface area contributed by atoms with Gasteiger partial charge in [0.25, 0.3) is 5.91 Å². The van der Waals surface area contributed by atoms with Crippen molar-refractivity contribution in [1.29, 1.82) is 0 Å². The first-order chi connectivity index (χ1) is 14.5. The number of thiazole rings is 1. The smallest absolute Gasteiger partial charge is 0.357 e. The van der Waals surface area contributed by atoms with Crippen LogP contribution in [0.4, 0.5) is 16.5 Å². The Hall–Kier alpha value is -3.14. The molecule has 30 heavy (non-hydrogen) atoms. The van der Waals surface area contributed by atoms with Crippen molar-refractivity contribution >= 4 is 51.3 Å². The number of carbonyl (C=O) groups excluding carboxylic acids is 2. The van der Waals surface area contributed by atoms with Crippen LogP contribution in [0, 0.1) is 0 Å². The monoisotopic (exact) mass is 448 g/mol. The van der Waals surface area contributed by atoms with Gasteiger partial charge < -0.3 is 4.74 Å². The maximum Gasteiger partial charge on any atom is 0.357 e. The molecule has 0 fully saturated rings. The number of ether oxygens (including phenoxy) is 1. The number of amides is 1. The van der Waals surface area contributed by atoms with Crippen molar-refractivity contribution in [3.63, 3.8) is 0 Å². The van der Waals surface area contributed by atoms with E-state index in [1.807, 2.05) is 13.8 Å². The molecule has 0 aliphatic carbocycles. The number of benzene rings is 2. The summed E-state index contributed by atoms with van der Waals surface area (Å²) in [6.07, 6.45) is 0. The average Bonchev–Trinajstić information content (AvgIpc) is 3.23. The quantitative estimate of drug-likeness (QED) is 0.356. The highest BCUT2D eigenvalue weighted by atomic mass is 35.5. The fourth-order valence-electron chi connectivity index (χ4n) is 2.23. The van der Waals surface area contributed by atoms with E-state index >= 15 is 0 Å². The molecule has 10 heteroatoms. The molecular formula is C20H21ClN4O4S. The summed E-state index contributed by atoms with van der Waals surface area (Å²) in [4.78, 5) is 28.1. The van der Waals surface area contributed by atoms with Crippen molar-refractivity contribution in [3.05, 3.63) is 70.2 Å². The Balaban J connectivity index is 0.00000155. The molecule has 158 valence electrons. The lowest BCUT2D eigenvalue weighted by atomic mass is 10.1. The van der Waals surface area contributed by atoms with Gasteiger partial charge in [-0.3, -0.25) is 20.7 Å². The van der Waals surface area contributed by atoms with Crippen LogP contribution in [0.3, 0.4) is 0 Å². The molecule has 0 radical (unpaired) electrons. The van der Waals surface area contributed by atoms with E-state index < -0.39 is 11.9 Å². The van der Waals surface area contributed by atoms with Gasteiger partial charge in [0.1, 0.15) is 0 Å². The number of nitrogens with one attached hydrogen (secondary N) is 2. The highest BCUT2D eigenvalue weighted by molar-refractivity contribution is 7.14. The summed E-state index contributed by atoms with van der Waals surface area (Å²) >= 11 is 6.94. The number of para-hydroxylation sites is 1. The number of aromatic nitrogens is 1. The van der Waals surface area contributed by atoms with Crippen molar-refractivity contribution < 1.29 is 19.5 Å². The molecule has 8 nitrogen and oxygen atoms in total. The topological polar surface area (TPSA) is 104 Å². The van der Waals surface area contributed by atoms with Crippen molar-refractivity contribution in [3.8, 4) is 0 Å². The van der Waals surface area contributed by atoms with E-state index in [-0.39, 0.29) is 16.4 Å². The Bertz CT molecular complexity index is 994. The number of methoxy groups -OCH3 is 1. The maximum absolute atomic E-state index is 12.6. The van der Waals surface area contributed by atoms with Crippen LogP contribution in [0.15, 0.2) is 53.9 Å². The van der Waals surface area contributed by atoms with E-state index in [1.165, 1.54) is 12.5 Å². The van der Waals surface area contributed by atoms with Crippen LogP contribution in [-0.2, 0) is 4.74 Å². The van der Waals surface area contributed by atoms with Gasteiger partial charge in [-0.05, 0) is 36.4 Å². The second-order valence-corrected chi connectivity index (χ2v) is 6.72. The van der Waals surface area contributed by atoms with Crippen molar-refractivity contribution in [2.75, 3.05) is 23.0 Å². The molecule has 3 N–H and O–H groups in total. The van der Waals surface area contributed by atoms with E-state index in [4.69, 9.17) is 11.6 Å². The number of rotatable bonds is 6. The van der Waals surface area contributed by atoms with Crippen molar-refractivity contribution in [1.82, 2.24) is 4.98 Å². The Labute approximate surface area is 183 Å². The SMILES string of the molecule is CC.COC(=O)c1csc(NC(=O)c2ccccc2NN(O)c2ccc(Cl)cc2)n1. The molecule has 1 heterocycles. The van der Waals surface area contributed by atoms with Crippen molar-refractivity contribution in [2.45, 2.75) is 13.8 Å². The van der Waals surface area contributed by atoms with Gasteiger partial charge in [-0.1, -0.05) is 37.6 Å². The summed E-state index contributed by atoms with van der Waals surface area (Å²) in [5.74, 6) is -1.05. The fraction of sp³-hybridized carbons (Fsp3) is 0.150. The zero-order valence-corrected chi connectivity index (χ0v) is 18.1. The predicted octanol–water partition coefficient (Wildman–Crippen LogP) is 5.08. The number of esters is 1. The molecule has 0 bridgehead atoms. The third-order valence-corrected chi connectivity index (χ3v) is 4.60. The first kappa shape index (κ1) is 23.1. The average molecular weight is 449 g/mol. The molecule has 3 rings (SSSR count). The lowest BCUT2D eigenvalue weighted by molar-refractivity contribution is 0.0594. The first-order valence-electron chi connectivity index (χ1n) is 8.93. The number of hydrazine groups is 1. The van der Waals surface area contributed by atoms with E-state index in [1.54, 1.807) is 48.5 Å². The van der Waals surface area contributed by atoms with E-state index in [0.717, 1.165) is 16.5 Å². The highest BCUT2D eigenvalue weighted by Crippen LogP contribution is 2.23. The molecule has 2 aromatic carbocycles. The second kappa shape index (κ2) is 11.1. The van der Waals surface area contributed by atoms with Gasteiger partial charge in [-0.25, -0.2) is 9.78 Å². The lowest BCUT2D eigenvalue weighted by Gasteiger charge is -2.20. The number of nitrogens with zero attached hydrogens (tertiary/aromatic N) is 2. The predicted molar refractivity (Wildman–Crippen MR) is 119 cm³/mol. The van der Waals surface area contributed by atoms with Gasteiger partial charge in [-0.2, -0.15) is 5.17 Å². The molecule has 0 saturated heterocycles. The summed E-state index contributed by atoms with van der Waals surface area (Å²) in [5.41, 5.74) is 3.91. The Morgan fingerprint density at radius 3 is 2.47 bits per heavy atom. The minimum atomic E-state index is -0.585. The molecule has 1 aromatic heterocycles. The van der Waals surface area contributed by atoms with Crippen LogP contribution >= 0.6 is 22.9 Å². The number of hydrogen-bond donors (Lipinski definition) is 3. The van der Waals surface area contributed by atoms with Crippen LogP contribution in [0.1, 0.15) is 34.7 Å². The van der Waals surface area contributed by atoms with Crippen LogP contribution in [0.5, 0.6) is 0 Å². The zero-order valence-electron chi connectivity index (χ0n) is 16.5. The minimum Gasteiger partial charge on any atom is -0.464 e. The summed E-state index contributed by atoms with van der Waals surface area (Å²) in [6, 6.07) is 13.1. The largest absolute Gasteiger partial charge is 0.464 e. The van der Waals surface area contributed by atoms with E-state index in [0.29, 0.717) is 16.4 Å². The number of halogens is 1. The summed E-state index contributed by atoms with van der Waals surface area (Å²) < 4.78 is 4.59. The van der Waals surface area contributed by atoms with Gasteiger partial charge >= 0.3 is 5.97 Å². The maximum atomic E-state index is 12.6. The Morgan fingerprint density at radius 1 is 1.13 bits per heavy atom. The molecule has 0 aliphatic heterocycles. The summed E-state index contributed by atoms with van der Waals surface area (Å²) in [6.45, 7) is 4.00. The van der Waals surface area contributed by atoms with Crippen LogP contribution < -0.4 is 15.9 Å². The first-order valence-corrected chi connectivity index (χ1v) is 10.2. The van der Waals surface area contributed by atoms with E-state index in [2.05, 4.69) is 20.5 Å². The lowest BCUT2D eigenvalue weighted by Crippen LogP contribution is -2.27. The van der Waals surface area contributed by atoms with Crippen LogP contribution in [0.2, 0.25) is 5.02 Å². The molecule has 1 amide bonds. The molecule has 0 unspecified atom stereocenters. The zero-order chi connectivity index (χ0) is 22.1. The fourth-order valence-corrected chi connectivity index (χ4v) is 3.03. The number of anilines is 3. The molecule has 0 saturated carbocycles. The van der Waals surface area contributed by atoms with Gasteiger partial charge in [0.05, 0.1) is 24.0 Å². The Morgan fingerprint density at radius 2 is 1.80 bits per heavy atom. The third kappa shape index (κ3) is 5.93. The molecule has 3 aromatic rings. The third-order valence-electron chi connectivity index (χ3n) is 3.59.